The van der Waals surface area contributed by atoms with E-state index < -0.39 is 28.5 Å². The zero-order chi connectivity index (χ0) is 27.2. The van der Waals surface area contributed by atoms with Gasteiger partial charge < -0.3 is 15.0 Å². The highest BCUT2D eigenvalue weighted by atomic mass is 79.9. The number of hydrogen-bond acceptors (Lipinski definition) is 5. The molecule has 3 rings (SSSR count). The van der Waals surface area contributed by atoms with Gasteiger partial charge in [-0.25, -0.2) is 8.42 Å². The zero-order valence-electron chi connectivity index (χ0n) is 21.2. The highest BCUT2D eigenvalue weighted by Crippen LogP contribution is 2.30. The normalized spacial score (nSPS) is 15.1. The summed E-state index contributed by atoms with van der Waals surface area (Å²) in [7, 11) is -2.40. The van der Waals surface area contributed by atoms with Gasteiger partial charge in [0, 0.05) is 17.1 Å². The van der Waals surface area contributed by atoms with Crippen LogP contribution in [0.3, 0.4) is 0 Å². The van der Waals surface area contributed by atoms with Crippen LogP contribution in [0, 0.1) is 0 Å². The summed E-state index contributed by atoms with van der Waals surface area (Å²) in [5.41, 5.74) is 1.03. The molecule has 0 unspecified atom stereocenters. The van der Waals surface area contributed by atoms with Gasteiger partial charge in [0.2, 0.25) is 21.8 Å². The molecule has 202 valence electrons. The predicted octanol–water partition coefficient (Wildman–Crippen LogP) is 4.74. The third-order valence-electron chi connectivity index (χ3n) is 6.46. The Morgan fingerprint density at radius 2 is 1.86 bits per heavy atom. The maximum Gasteiger partial charge on any atom is 0.244 e. The van der Waals surface area contributed by atoms with Crippen LogP contribution in [0.4, 0.5) is 5.69 Å². The first-order valence-corrected chi connectivity index (χ1v) is 15.2. The van der Waals surface area contributed by atoms with Crippen molar-refractivity contribution in [2.24, 2.45) is 0 Å². The van der Waals surface area contributed by atoms with Crippen molar-refractivity contribution < 1.29 is 22.7 Å². The lowest BCUT2D eigenvalue weighted by Crippen LogP contribution is -2.52. The third kappa shape index (κ3) is 8.09. The second kappa shape index (κ2) is 13.0. The molecule has 1 aliphatic rings. The monoisotopic (exact) mass is 613 g/mol. The van der Waals surface area contributed by atoms with Crippen LogP contribution in [0.1, 0.15) is 44.6 Å². The van der Waals surface area contributed by atoms with Crippen LogP contribution in [-0.4, -0.2) is 57.1 Å². The number of anilines is 1. The lowest BCUT2D eigenvalue weighted by Gasteiger charge is -2.33. The average molecular weight is 615 g/mol. The van der Waals surface area contributed by atoms with E-state index in [0.717, 1.165) is 52.7 Å². The van der Waals surface area contributed by atoms with Gasteiger partial charge >= 0.3 is 0 Å². The molecule has 1 aliphatic carbocycles. The first-order valence-electron chi connectivity index (χ1n) is 12.1. The maximum absolute atomic E-state index is 13.7. The van der Waals surface area contributed by atoms with E-state index in [4.69, 9.17) is 16.3 Å². The number of methoxy groups -OCH3 is 1. The lowest BCUT2D eigenvalue weighted by molar-refractivity contribution is -0.139. The quantitative estimate of drug-likeness (QED) is 0.417. The Morgan fingerprint density at radius 1 is 1.16 bits per heavy atom. The fourth-order valence-corrected chi connectivity index (χ4v) is 5.95. The SMILES string of the molecule is COc1ccc(N(CC(=O)N(Cc2cccc(Br)c2)[C@H](C)C(=O)NC2CCCCC2)S(C)(=O)=O)cc1Cl. The van der Waals surface area contributed by atoms with Crippen molar-refractivity contribution in [1.29, 1.82) is 0 Å². The number of sulfonamides is 1. The van der Waals surface area contributed by atoms with Crippen LogP contribution in [0.2, 0.25) is 5.02 Å². The smallest absolute Gasteiger partial charge is 0.244 e. The molecule has 1 atom stereocenters. The summed E-state index contributed by atoms with van der Waals surface area (Å²) in [5, 5.41) is 3.30. The number of nitrogens with one attached hydrogen (secondary N) is 1. The van der Waals surface area contributed by atoms with Crippen LogP contribution < -0.4 is 14.4 Å². The van der Waals surface area contributed by atoms with Gasteiger partial charge in [-0.1, -0.05) is 58.9 Å². The highest BCUT2D eigenvalue weighted by molar-refractivity contribution is 9.10. The first kappa shape index (κ1) is 29.3. The van der Waals surface area contributed by atoms with Crippen LogP contribution >= 0.6 is 27.5 Å². The number of amides is 2. The number of carbonyl (C=O) groups is 2. The Kier molecular flexibility index (Phi) is 10.3. The van der Waals surface area contributed by atoms with Crippen molar-refractivity contribution in [2.45, 2.75) is 57.7 Å². The number of rotatable bonds is 10. The van der Waals surface area contributed by atoms with Crippen molar-refractivity contribution in [3.63, 3.8) is 0 Å². The van der Waals surface area contributed by atoms with E-state index in [9.17, 15) is 18.0 Å². The zero-order valence-corrected chi connectivity index (χ0v) is 24.4. The standard InChI is InChI=1S/C26H33BrClN3O5S/c1-18(26(33)29-21-10-5-4-6-11-21)30(16-19-8-7-9-20(27)14-19)25(32)17-31(37(3,34)35)22-12-13-24(36-2)23(28)15-22/h7-9,12-15,18,21H,4-6,10-11,16-17H2,1-3H3,(H,29,33)/t18-/m1/s1. The maximum atomic E-state index is 13.7. The summed E-state index contributed by atoms with van der Waals surface area (Å²) >= 11 is 9.67. The van der Waals surface area contributed by atoms with Crippen molar-refractivity contribution >= 4 is 55.1 Å². The second-order valence-electron chi connectivity index (χ2n) is 9.26. The van der Waals surface area contributed by atoms with Crippen molar-refractivity contribution in [3.05, 3.63) is 57.5 Å². The van der Waals surface area contributed by atoms with Gasteiger partial charge in [0.1, 0.15) is 18.3 Å². The molecule has 1 fully saturated rings. The summed E-state index contributed by atoms with van der Waals surface area (Å²) in [5.74, 6) is -0.383. The van der Waals surface area contributed by atoms with Crippen molar-refractivity contribution in [2.75, 3.05) is 24.2 Å². The Hall–Kier alpha value is -2.30. The van der Waals surface area contributed by atoms with E-state index in [0.29, 0.717) is 5.75 Å². The summed E-state index contributed by atoms with van der Waals surface area (Å²) in [4.78, 5) is 28.3. The minimum Gasteiger partial charge on any atom is -0.495 e. The fourth-order valence-electron chi connectivity index (χ4n) is 4.41. The number of halogens is 2. The highest BCUT2D eigenvalue weighted by Gasteiger charge is 2.31. The largest absolute Gasteiger partial charge is 0.495 e. The fraction of sp³-hybridized carbons (Fsp3) is 0.462. The molecule has 0 saturated heterocycles. The molecule has 0 bridgehead atoms. The van der Waals surface area contributed by atoms with Crippen molar-refractivity contribution in [1.82, 2.24) is 10.2 Å². The van der Waals surface area contributed by atoms with Gasteiger partial charge in [0.05, 0.1) is 24.1 Å². The van der Waals surface area contributed by atoms with Gasteiger partial charge in [0.25, 0.3) is 0 Å². The minimum atomic E-state index is -3.85. The Labute approximate surface area is 232 Å². The molecule has 1 N–H and O–H groups in total. The Morgan fingerprint density at radius 3 is 2.46 bits per heavy atom. The lowest BCUT2D eigenvalue weighted by atomic mass is 9.95. The number of nitrogens with zero attached hydrogens (tertiary/aromatic N) is 2. The van der Waals surface area contributed by atoms with E-state index in [-0.39, 0.29) is 29.2 Å². The molecule has 2 aromatic rings. The summed E-state index contributed by atoms with van der Waals surface area (Å²) < 4.78 is 32.4. The number of ether oxygens (including phenoxy) is 1. The van der Waals surface area contributed by atoms with Gasteiger partial charge in [-0.2, -0.15) is 0 Å². The molecule has 11 heteroatoms. The number of carbonyl (C=O) groups excluding carboxylic acids is 2. The molecule has 0 aliphatic heterocycles. The summed E-state index contributed by atoms with van der Waals surface area (Å²) in [6, 6.07) is 11.2. The van der Waals surface area contributed by atoms with Gasteiger partial charge in [-0.15, -0.1) is 0 Å². The molecular formula is C26H33BrClN3O5S. The topological polar surface area (TPSA) is 96.0 Å². The van der Waals surface area contributed by atoms with Crippen LogP contribution in [0.5, 0.6) is 5.75 Å². The first-order chi connectivity index (χ1) is 17.5. The summed E-state index contributed by atoms with van der Waals surface area (Å²) in [6.07, 6.45) is 6.14. The number of benzene rings is 2. The molecule has 37 heavy (non-hydrogen) atoms. The molecule has 0 aromatic heterocycles. The van der Waals surface area contributed by atoms with E-state index >= 15 is 0 Å². The molecule has 0 spiro atoms. The molecule has 8 nitrogen and oxygen atoms in total. The van der Waals surface area contributed by atoms with E-state index in [1.165, 1.54) is 24.1 Å². The molecule has 2 aromatic carbocycles. The van der Waals surface area contributed by atoms with Gasteiger partial charge in [-0.3, -0.25) is 13.9 Å². The minimum absolute atomic E-state index is 0.0838. The molecule has 0 heterocycles. The summed E-state index contributed by atoms with van der Waals surface area (Å²) in [6.45, 7) is 1.32. The van der Waals surface area contributed by atoms with Crippen LogP contribution in [-0.2, 0) is 26.2 Å². The van der Waals surface area contributed by atoms with E-state index in [1.807, 2.05) is 24.3 Å². The second-order valence-corrected chi connectivity index (χ2v) is 12.5. The van der Waals surface area contributed by atoms with Crippen LogP contribution in [0.25, 0.3) is 0 Å². The molecule has 2 amide bonds. The van der Waals surface area contributed by atoms with Gasteiger partial charge in [0.15, 0.2) is 0 Å². The molecular weight excluding hydrogens is 582 g/mol. The van der Waals surface area contributed by atoms with E-state index in [2.05, 4.69) is 21.2 Å². The van der Waals surface area contributed by atoms with Gasteiger partial charge in [-0.05, 0) is 55.7 Å². The Balaban J connectivity index is 1.89. The average Bonchev–Trinajstić information content (AvgIpc) is 2.85. The van der Waals surface area contributed by atoms with Crippen LogP contribution in [0.15, 0.2) is 46.9 Å². The predicted molar refractivity (Wildman–Crippen MR) is 149 cm³/mol. The molecule has 1 saturated carbocycles. The molecule has 0 radical (unpaired) electrons. The number of hydrogen-bond donors (Lipinski definition) is 1. The van der Waals surface area contributed by atoms with Crippen molar-refractivity contribution in [3.8, 4) is 5.75 Å². The van der Waals surface area contributed by atoms with E-state index in [1.54, 1.807) is 13.0 Å². The Bertz CT molecular complexity index is 1220. The third-order valence-corrected chi connectivity index (χ3v) is 8.39.